The molecule has 0 spiro atoms. The third kappa shape index (κ3) is 9.18. The molecule has 0 aliphatic rings. The van der Waals surface area contributed by atoms with Crippen LogP contribution in [0, 0.1) is 26.8 Å². The van der Waals surface area contributed by atoms with Gasteiger partial charge >= 0.3 is 0 Å². The van der Waals surface area contributed by atoms with Crippen LogP contribution in [0.15, 0.2) is 121 Å². The van der Waals surface area contributed by atoms with Gasteiger partial charge in [-0.2, -0.15) is 0 Å². The zero-order valence-electron chi connectivity index (χ0n) is 54.4. The van der Waals surface area contributed by atoms with E-state index in [4.69, 9.17) is 28.3 Å². The molecule has 0 saturated heterocycles. The molecule has 8 aromatic rings. The van der Waals surface area contributed by atoms with E-state index in [-0.39, 0.29) is 60.9 Å². The molecule has 0 aliphatic carbocycles. The topological polar surface area (TPSA) is 50.9 Å². The Morgan fingerprint density at radius 2 is 1.42 bits per heavy atom. The van der Waals surface area contributed by atoms with Crippen molar-refractivity contribution < 1.29 is 49.5 Å². The number of phenolic OH excluding ortho intramolecular Hbond substituents is 1. The number of pyridine rings is 1. The molecule has 1 N–H and O–H groups in total. The van der Waals surface area contributed by atoms with Crippen LogP contribution in [0.3, 0.4) is 0 Å². The molecule has 2 aromatic heterocycles. The third-order valence-corrected chi connectivity index (χ3v) is 11.5. The monoisotopic (exact) mass is 1040 g/mol. The van der Waals surface area contributed by atoms with E-state index in [0.29, 0.717) is 50.1 Å². The van der Waals surface area contributed by atoms with Crippen molar-refractivity contribution in [3.63, 3.8) is 0 Å². The van der Waals surface area contributed by atoms with E-state index in [9.17, 15) is 5.11 Å². The van der Waals surface area contributed by atoms with Crippen LogP contribution in [0.2, 0.25) is 0 Å². The first kappa shape index (κ1) is 29.1. The smallest absolute Gasteiger partial charge is 0.148 e. The summed E-state index contributed by atoms with van der Waals surface area (Å²) >= 11 is 0. The van der Waals surface area contributed by atoms with E-state index in [1.165, 1.54) is 18.3 Å². The van der Waals surface area contributed by atoms with Crippen molar-refractivity contribution in [1.29, 1.82) is 0 Å². The van der Waals surface area contributed by atoms with Gasteiger partial charge in [0.25, 0.3) is 0 Å². The van der Waals surface area contributed by atoms with Crippen LogP contribution in [-0.4, -0.2) is 19.6 Å². The van der Waals surface area contributed by atoms with Gasteiger partial charge in [0.05, 0.1) is 27.8 Å². The number of benzene rings is 6. The number of phenols is 1. The number of aryl methyl sites for hydroxylation is 3. The number of fused-ring (bicyclic) bond motifs is 1. The van der Waals surface area contributed by atoms with Crippen LogP contribution in [0.1, 0.15) is 143 Å². The van der Waals surface area contributed by atoms with Gasteiger partial charge in [0.1, 0.15) is 11.6 Å². The second-order valence-electron chi connectivity index (χ2n) is 18.0. The molecule has 4 nitrogen and oxygen atoms in total. The van der Waals surface area contributed by atoms with E-state index < -0.39 is 73.9 Å². The van der Waals surface area contributed by atoms with Crippen LogP contribution >= 0.6 is 0 Å². The molecule has 5 heteroatoms. The first-order chi connectivity index (χ1) is 36.7. The van der Waals surface area contributed by atoms with Gasteiger partial charge in [-0.25, -0.2) is 4.98 Å². The summed E-state index contributed by atoms with van der Waals surface area (Å²) in [5.41, 5.74) is 2.87. The van der Waals surface area contributed by atoms with Crippen molar-refractivity contribution >= 4 is 11.0 Å². The maximum atomic E-state index is 11.8. The molecule has 0 radical (unpaired) electrons. The van der Waals surface area contributed by atoms with Crippen LogP contribution in [0.25, 0.3) is 72.7 Å². The summed E-state index contributed by atoms with van der Waals surface area (Å²) in [5.74, 6) is -0.592. The first-order valence-electron chi connectivity index (χ1n) is 29.5. The summed E-state index contributed by atoms with van der Waals surface area (Å²) in [5, 5.41) is 11.8. The summed E-state index contributed by atoms with van der Waals surface area (Å²) in [6.07, 6.45) is 1.37. The average Bonchev–Trinajstić information content (AvgIpc) is 3.86. The molecule has 0 atom stereocenters. The minimum Gasteiger partial charge on any atom is -0.507 e. The molecule has 0 bridgehead atoms. The molecule has 2 heterocycles. The van der Waals surface area contributed by atoms with Gasteiger partial charge < -0.3 is 5.11 Å². The third-order valence-electron chi connectivity index (χ3n) is 11.5. The van der Waals surface area contributed by atoms with Crippen molar-refractivity contribution in [2.24, 2.45) is 0 Å². The zero-order chi connectivity index (χ0) is 59.5. The summed E-state index contributed by atoms with van der Waals surface area (Å²) in [6, 6.07) is 26.6. The first-order valence-corrected chi connectivity index (χ1v) is 21.0. The largest absolute Gasteiger partial charge is 0.507 e. The van der Waals surface area contributed by atoms with E-state index >= 15 is 0 Å². The molecule has 0 amide bonds. The van der Waals surface area contributed by atoms with Gasteiger partial charge in [-0.05, 0) is 129 Å². The predicted octanol–water partition coefficient (Wildman–Crippen LogP) is 16.0. The average molecular weight is 1040 g/mol. The molecule has 6 aromatic carbocycles. The Hall–Kier alpha value is -5.57. The maximum Gasteiger partial charge on any atom is 0.148 e. The maximum absolute atomic E-state index is 11.8. The fraction of sp³-hybridized carbons (Fsp3) is 0.288. The second-order valence-corrected chi connectivity index (χ2v) is 18.0. The number of para-hydroxylation sites is 1. The number of hydrogen-bond acceptors (Lipinski definition) is 3. The van der Waals surface area contributed by atoms with E-state index in [1.54, 1.807) is 29.7 Å². The summed E-state index contributed by atoms with van der Waals surface area (Å²) < 4.78 is 148. The molecular formula is C59H62N3OPt-. The van der Waals surface area contributed by atoms with Crippen LogP contribution in [0.5, 0.6) is 5.75 Å². The van der Waals surface area contributed by atoms with Gasteiger partial charge in [0.15, 0.2) is 0 Å². The second kappa shape index (κ2) is 17.8. The van der Waals surface area contributed by atoms with E-state index in [1.807, 2.05) is 102 Å². The molecule has 0 saturated carbocycles. The van der Waals surface area contributed by atoms with Crippen LogP contribution in [-0.2, 0) is 31.9 Å². The predicted molar refractivity (Wildman–Crippen MR) is 266 cm³/mol. The molecule has 0 fully saturated rings. The Balaban J connectivity index is 0.00000946. The molecule has 0 unspecified atom stereocenters. The number of aromatic nitrogens is 3. The summed E-state index contributed by atoms with van der Waals surface area (Å²) in [7, 11) is 0. The SMILES string of the molecule is [2H]c1c([2H])c(C(C([2H])([2H])[2H])(C([2H])([2H])[2H])C([2H])([2H])[2H])c([2H])c([2H])c1-c1ccnc(-c2[c-]c(-c3cccc4c3nc(-c3cc(C)cc(C)c3O)n4-c3ccc(-c4cc(C(C)C)cc(C([2H])(C)C)c4)cc3C([2H])([2H])[2H])cc(C(C)(C)C)c2)c1.[Pt]. The molecule has 330 valence electrons. The Labute approximate surface area is 420 Å². The fourth-order valence-electron chi connectivity index (χ4n) is 7.89. The van der Waals surface area contributed by atoms with Crippen molar-refractivity contribution in [3.8, 4) is 67.5 Å². The molecule has 8 rings (SSSR count). The van der Waals surface area contributed by atoms with Gasteiger partial charge in [0.2, 0.25) is 0 Å². The Morgan fingerprint density at radius 3 is 2.11 bits per heavy atom. The molecule has 0 aliphatic heterocycles. The number of aromatic hydroxyl groups is 1. The van der Waals surface area contributed by atoms with Crippen LogP contribution < -0.4 is 0 Å². The minimum atomic E-state index is -3.84. The summed E-state index contributed by atoms with van der Waals surface area (Å²) in [6.45, 7) is 3.27. The Kier molecular flexibility index (Phi) is 8.07. The van der Waals surface area contributed by atoms with Crippen molar-refractivity contribution in [3.05, 3.63) is 166 Å². The van der Waals surface area contributed by atoms with Crippen molar-refractivity contribution in [1.82, 2.24) is 14.5 Å². The normalized spacial score (nSPS) is 16.9. The molecular weight excluding hydrogens is 962 g/mol. The van der Waals surface area contributed by atoms with E-state index in [0.717, 1.165) is 27.8 Å². The van der Waals surface area contributed by atoms with Gasteiger partial charge in [-0.3, -0.25) is 9.55 Å². The zero-order valence-corrected chi connectivity index (χ0v) is 39.7. The van der Waals surface area contributed by atoms with Gasteiger partial charge in [0, 0.05) is 50.8 Å². The number of imidazole rings is 1. The molecule has 64 heavy (non-hydrogen) atoms. The van der Waals surface area contributed by atoms with Gasteiger partial charge in [-0.15, -0.1) is 29.3 Å². The quantitative estimate of drug-likeness (QED) is 0.154. The van der Waals surface area contributed by atoms with E-state index in [2.05, 4.69) is 24.9 Å². The fourth-order valence-corrected chi connectivity index (χ4v) is 7.89. The van der Waals surface area contributed by atoms with Crippen molar-refractivity contribution in [2.45, 2.75) is 112 Å². The number of nitrogens with zero attached hydrogens (tertiary/aromatic N) is 3. The Bertz CT molecular complexity index is 3700. The number of rotatable bonds is 8. The van der Waals surface area contributed by atoms with Crippen molar-refractivity contribution in [2.75, 3.05) is 0 Å². The number of hydrogen-bond donors (Lipinski definition) is 1. The van der Waals surface area contributed by atoms with Crippen LogP contribution in [0.4, 0.5) is 0 Å². The standard InChI is InChI=1S/C59H62N3O.Pt/c1-35(2)43-28-44(36(3)4)30-45(29-43)41-19-22-53(38(6)27-41)62-54-16-14-15-50(55(54)61-57(62)51-26-37(5)25-39(7)56(51)63)46-31-47(33-49(32-46)59(11,12)13)52-34-42(23-24-60-52)40-17-20-48(21-18-40)58(8,9)10;/h14-30,32-36,63H,1-13H3;/q-1;/i6D3,8D3,9D3,10D3,17D,18D,20D,21D,35D;. The Morgan fingerprint density at radius 1 is 0.703 bits per heavy atom. The minimum absolute atomic E-state index is 0. The van der Waals surface area contributed by atoms with Gasteiger partial charge in [-0.1, -0.05) is 153 Å². The summed E-state index contributed by atoms with van der Waals surface area (Å²) in [4.78, 5) is 9.93.